The van der Waals surface area contributed by atoms with Crippen molar-refractivity contribution >= 4 is 36.4 Å². The Labute approximate surface area is 74.8 Å². The Morgan fingerprint density at radius 3 is 3.27 bits per heavy atom. The molecule has 1 nitrogen and oxygen atoms in total. The SMILES string of the molecule is Sc1cc2c(o1)=CCC(Cl)C=2. The lowest BCUT2D eigenvalue weighted by Gasteiger charge is -2.00. The molecule has 0 radical (unpaired) electrons. The van der Waals surface area contributed by atoms with Gasteiger partial charge in [0.05, 0.1) is 5.38 Å². The molecule has 1 aromatic rings. The summed E-state index contributed by atoms with van der Waals surface area (Å²) in [6.45, 7) is 0. The van der Waals surface area contributed by atoms with E-state index >= 15 is 0 Å². The number of fused-ring (bicyclic) bond motifs is 1. The second-order valence-corrected chi connectivity index (χ2v) is 3.53. The summed E-state index contributed by atoms with van der Waals surface area (Å²) in [4.78, 5) is 0. The third-order valence-corrected chi connectivity index (χ3v) is 2.19. The van der Waals surface area contributed by atoms with E-state index in [2.05, 4.69) is 12.6 Å². The Hall–Kier alpha value is -0.340. The van der Waals surface area contributed by atoms with E-state index in [1.54, 1.807) is 0 Å². The van der Waals surface area contributed by atoms with E-state index in [1.165, 1.54) is 0 Å². The molecule has 3 heteroatoms. The number of hydrogen-bond donors (Lipinski definition) is 1. The number of furan rings is 1. The highest BCUT2D eigenvalue weighted by Gasteiger charge is 2.05. The summed E-state index contributed by atoms with van der Waals surface area (Å²) in [7, 11) is 0. The molecule has 0 N–H and O–H groups in total. The third-order valence-electron chi connectivity index (χ3n) is 1.67. The maximum Gasteiger partial charge on any atom is 0.158 e. The molecule has 0 spiro atoms. The Bertz CT molecular complexity index is 379. The van der Waals surface area contributed by atoms with Crippen molar-refractivity contribution in [3.63, 3.8) is 0 Å². The fourth-order valence-corrected chi connectivity index (χ4v) is 1.64. The molecule has 0 saturated heterocycles. The quantitative estimate of drug-likeness (QED) is 0.474. The van der Waals surface area contributed by atoms with Crippen LogP contribution >= 0.6 is 24.2 Å². The first kappa shape index (κ1) is 7.32. The number of thiol groups is 1. The highest BCUT2D eigenvalue weighted by atomic mass is 35.5. The Morgan fingerprint density at radius 2 is 2.45 bits per heavy atom. The van der Waals surface area contributed by atoms with Gasteiger partial charge in [-0.3, -0.25) is 0 Å². The average molecular weight is 187 g/mol. The monoisotopic (exact) mass is 186 g/mol. The topological polar surface area (TPSA) is 13.1 Å². The zero-order chi connectivity index (χ0) is 7.84. The normalized spacial score (nSPS) is 21.8. The summed E-state index contributed by atoms with van der Waals surface area (Å²) in [5.74, 6) is 0. The lowest BCUT2D eigenvalue weighted by atomic mass is 10.2. The van der Waals surface area contributed by atoms with Gasteiger partial charge in [-0.15, -0.1) is 24.2 Å². The second kappa shape index (κ2) is 2.61. The molecular formula is C8H7ClOS. The molecule has 0 bridgehead atoms. The molecule has 1 heterocycles. The second-order valence-electron chi connectivity index (χ2n) is 2.53. The lowest BCUT2D eigenvalue weighted by Crippen LogP contribution is -2.24. The fraction of sp³-hybridized carbons (Fsp3) is 0.250. The highest BCUT2D eigenvalue weighted by molar-refractivity contribution is 7.80. The van der Waals surface area contributed by atoms with Gasteiger partial charge < -0.3 is 4.42 Å². The van der Waals surface area contributed by atoms with Crippen molar-refractivity contribution in [2.45, 2.75) is 16.9 Å². The average Bonchev–Trinajstić information content (AvgIpc) is 2.27. The van der Waals surface area contributed by atoms with Crippen LogP contribution < -0.4 is 10.6 Å². The molecule has 1 aliphatic rings. The van der Waals surface area contributed by atoms with Crippen molar-refractivity contribution in [1.29, 1.82) is 0 Å². The molecule has 0 fully saturated rings. The van der Waals surface area contributed by atoms with Crippen molar-refractivity contribution in [3.8, 4) is 0 Å². The minimum Gasteiger partial charge on any atom is -0.450 e. The van der Waals surface area contributed by atoms with Gasteiger partial charge in [-0.05, 0) is 18.6 Å². The molecular weight excluding hydrogens is 180 g/mol. The van der Waals surface area contributed by atoms with Crippen LogP contribution in [0.1, 0.15) is 6.42 Å². The van der Waals surface area contributed by atoms with Gasteiger partial charge in [0.2, 0.25) is 0 Å². The first-order chi connectivity index (χ1) is 5.25. The van der Waals surface area contributed by atoms with E-state index in [9.17, 15) is 0 Å². The summed E-state index contributed by atoms with van der Waals surface area (Å²) in [5.41, 5.74) is 0.895. The Kier molecular flexibility index (Phi) is 1.74. The molecule has 1 aromatic heterocycles. The minimum atomic E-state index is 0.104. The molecule has 0 aliphatic heterocycles. The zero-order valence-corrected chi connectivity index (χ0v) is 7.40. The van der Waals surface area contributed by atoms with Crippen LogP contribution in [0.3, 0.4) is 0 Å². The third kappa shape index (κ3) is 1.33. The van der Waals surface area contributed by atoms with Gasteiger partial charge >= 0.3 is 0 Å². The minimum absolute atomic E-state index is 0.104. The number of rotatable bonds is 0. The van der Waals surface area contributed by atoms with Crippen LogP contribution in [0.15, 0.2) is 15.6 Å². The van der Waals surface area contributed by atoms with Gasteiger partial charge in [-0.25, -0.2) is 0 Å². The van der Waals surface area contributed by atoms with E-state index in [0.717, 1.165) is 17.1 Å². The molecule has 0 amide bonds. The molecule has 0 saturated carbocycles. The number of alkyl halides is 1. The summed E-state index contributed by atoms with van der Waals surface area (Å²) < 4.78 is 5.27. The Balaban J connectivity index is 2.72. The molecule has 11 heavy (non-hydrogen) atoms. The van der Waals surface area contributed by atoms with Crippen LogP contribution in [0.25, 0.3) is 12.2 Å². The highest BCUT2D eigenvalue weighted by Crippen LogP contribution is 2.07. The predicted octanol–water partition coefficient (Wildman–Crippen LogP) is 1.14. The largest absolute Gasteiger partial charge is 0.450 e. The van der Waals surface area contributed by atoms with Crippen LogP contribution in [0.4, 0.5) is 0 Å². The summed E-state index contributed by atoms with van der Waals surface area (Å²) in [6, 6.07) is 1.88. The summed E-state index contributed by atoms with van der Waals surface area (Å²) >= 11 is 9.99. The van der Waals surface area contributed by atoms with Crippen molar-refractivity contribution in [3.05, 3.63) is 16.7 Å². The van der Waals surface area contributed by atoms with Crippen molar-refractivity contribution in [2.24, 2.45) is 0 Å². The maximum atomic E-state index is 5.90. The van der Waals surface area contributed by atoms with Crippen LogP contribution in [-0.4, -0.2) is 5.38 Å². The van der Waals surface area contributed by atoms with E-state index in [1.807, 2.05) is 18.2 Å². The van der Waals surface area contributed by atoms with Gasteiger partial charge in [0.1, 0.15) is 5.42 Å². The molecule has 1 aliphatic carbocycles. The summed E-state index contributed by atoms with van der Waals surface area (Å²) in [5, 5.41) is 1.81. The molecule has 1 atom stereocenters. The van der Waals surface area contributed by atoms with E-state index in [4.69, 9.17) is 16.0 Å². The molecule has 1 unspecified atom stereocenters. The number of hydrogen-bond acceptors (Lipinski definition) is 2. The van der Waals surface area contributed by atoms with Gasteiger partial charge in [0.25, 0.3) is 0 Å². The zero-order valence-electron chi connectivity index (χ0n) is 5.75. The van der Waals surface area contributed by atoms with E-state index in [0.29, 0.717) is 5.09 Å². The van der Waals surface area contributed by atoms with Gasteiger partial charge in [0, 0.05) is 5.22 Å². The van der Waals surface area contributed by atoms with Gasteiger partial charge in [0.15, 0.2) is 5.09 Å². The fourth-order valence-electron chi connectivity index (χ4n) is 1.18. The van der Waals surface area contributed by atoms with E-state index in [-0.39, 0.29) is 5.38 Å². The smallest absolute Gasteiger partial charge is 0.158 e. The van der Waals surface area contributed by atoms with Crippen LogP contribution in [0, 0.1) is 0 Å². The van der Waals surface area contributed by atoms with Crippen molar-refractivity contribution in [2.75, 3.05) is 0 Å². The predicted molar refractivity (Wildman–Crippen MR) is 48.4 cm³/mol. The Morgan fingerprint density at radius 1 is 1.64 bits per heavy atom. The van der Waals surface area contributed by atoms with Crippen LogP contribution in [0.2, 0.25) is 0 Å². The maximum absolute atomic E-state index is 5.90. The molecule has 2 rings (SSSR count). The number of halogens is 1. The summed E-state index contributed by atoms with van der Waals surface area (Å²) in [6.07, 6.45) is 4.82. The first-order valence-electron chi connectivity index (χ1n) is 3.40. The van der Waals surface area contributed by atoms with Crippen LogP contribution in [0.5, 0.6) is 0 Å². The van der Waals surface area contributed by atoms with Crippen LogP contribution in [-0.2, 0) is 0 Å². The van der Waals surface area contributed by atoms with Crippen molar-refractivity contribution < 1.29 is 4.42 Å². The van der Waals surface area contributed by atoms with E-state index < -0.39 is 0 Å². The van der Waals surface area contributed by atoms with Gasteiger partial charge in [-0.1, -0.05) is 6.08 Å². The standard InChI is InChI=1S/C8H7ClOS/c9-6-1-2-7-5(3-6)4-8(11)10-7/h2-4,6,11H,1H2. The molecule has 58 valence electrons. The first-order valence-corrected chi connectivity index (χ1v) is 4.29. The van der Waals surface area contributed by atoms with Crippen molar-refractivity contribution in [1.82, 2.24) is 0 Å². The molecule has 0 aromatic carbocycles. The van der Waals surface area contributed by atoms with Gasteiger partial charge in [-0.2, -0.15) is 0 Å². The lowest BCUT2D eigenvalue weighted by molar-refractivity contribution is 0.445.